The first-order valence-corrected chi connectivity index (χ1v) is 7.44. The van der Waals surface area contributed by atoms with Crippen LogP contribution in [0.25, 0.3) is 0 Å². The Labute approximate surface area is 128 Å². The van der Waals surface area contributed by atoms with Crippen molar-refractivity contribution in [3.05, 3.63) is 33.3 Å². The zero-order valence-corrected chi connectivity index (χ0v) is 12.8. The third kappa shape index (κ3) is 3.57. The fourth-order valence-electron chi connectivity index (χ4n) is 2.39. The Kier molecular flexibility index (Phi) is 5.13. The summed E-state index contributed by atoms with van der Waals surface area (Å²) in [5, 5.41) is 15.9. The van der Waals surface area contributed by atoms with Gasteiger partial charge in [0, 0.05) is 6.54 Å². The molecule has 1 aromatic rings. The van der Waals surface area contributed by atoms with Crippen molar-refractivity contribution in [3.63, 3.8) is 0 Å². The van der Waals surface area contributed by atoms with Crippen LogP contribution >= 0.6 is 23.2 Å². The van der Waals surface area contributed by atoms with Gasteiger partial charge in [0.2, 0.25) is 0 Å². The third-order valence-electron chi connectivity index (χ3n) is 3.44. The summed E-state index contributed by atoms with van der Waals surface area (Å²) in [5.74, 6) is 0. The number of aliphatic hydroxyl groups excluding tert-OH is 1. The molecule has 0 saturated heterocycles. The van der Waals surface area contributed by atoms with Crippen LogP contribution in [0.4, 0.5) is 4.79 Å². The van der Waals surface area contributed by atoms with Crippen molar-refractivity contribution >= 4 is 29.2 Å². The quantitative estimate of drug-likeness (QED) is 0.799. The second-order valence-corrected chi connectivity index (χ2v) is 5.84. The number of benzene rings is 1. The van der Waals surface area contributed by atoms with E-state index < -0.39 is 6.10 Å². The Bertz CT molecular complexity index is 506. The highest BCUT2D eigenvalue weighted by Gasteiger charge is 2.26. The minimum absolute atomic E-state index is 0.0358. The van der Waals surface area contributed by atoms with E-state index in [0.29, 0.717) is 23.0 Å². The van der Waals surface area contributed by atoms with Crippen LogP contribution in [0, 0.1) is 0 Å². The molecule has 2 atom stereocenters. The summed E-state index contributed by atoms with van der Waals surface area (Å²) in [4.78, 5) is 11.8. The normalized spacial score (nSPS) is 18.5. The lowest BCUT2D eigenvalue weighted by molar-refractivity contribution is 0.183. The monoisotopic (exact) mass is 316 g/mol. The number of fused-ring (bicyclic) bond motifs is 1. The lowest BCUT2D eigenvalue weighted by atomic mass is 10.1. The summed E-state index contributed by atoms with van der Waals surface area (Å²) in [6, 6.07) is 3.41. The van der Waals surface area contributed by atoms with Gasteiger partial charge in [-0.25, -0.2) is 4.79 Å². The van der Waals surface area contributed by atoms with E-state index >= 15 is 0 Å². The standard InChI is InChI=1S/C14H18Cl2N2O2/c1-8(19)6-7-17-14(20)18-12-5-3-10-9(12)2-4-11(15)13(10)16/h2,4,8,12,19H,3,5-7H2,1H3,(H2,17,18,20). The molecule has 0 heterocycles. The molecule has 2 unspecified atom stereocenters. The van der Waals surface area contributed by atoms with Gasteiger partial charge in [0.05, 0.1) is 22.2 Å². The first-order chi connectivity index (χ1) is 9.49. The van der Waals surface area contributed by atoms with Crippen molar-refractivity contribution in [1.29, 1.82) is 0 Å². The van der Waals surface area contributed by atoms with Crippen LogP contribution in [0.3, 0.4) is 0 Å². The molecule has 1 aliphatic rings. The third-order valence-corrected chi connectivity index (χ3v) is 4.29. The van der Waals surface area contributed by atoms with E-state index in [-0.39, 0.29) is 12.1 Å². The van der Waals surface area contributed by atoms with Gasteiger partial charge in [0.1, 0.15) is 0 Å². The minimum Gasteiger partial charge on any atom is -0.393 e. The smallest absolute Gasteiger partial charge is 0.315 e. The number of urea groups is 1. The lowest BCUT2D eigenvalue weighted by Gasteiger charge is -2.15. The van der Waals surface area contributed by atoms with E-state index in [4.69, 9.17) is 28.3 Å². The van der Waals surface area contributed by atoms with Gasteiger partial charge in [-0.05, 0) is 43.4 Å². The number of hydrogen-bond acceptors (Lipinski definition) is 2. The van der Waals surface area contributed by atoms with Crippen molar-refractivity contribution < 1.29 is 9.90 Å². The fourth-order valence-corrected chi connectivity index (χ4v) is 2.83. The van der Waals surface area contributed by atoms with Crippen molar-refractivity contribution in [2.75, 3.05) is 6.54 Å². The van der Waals surface area contributed by atoms with Gasteiger partial charge >= 0.3 is 6.03 Å². The topological polar surface area (TPSA) is 61.4 Å². The van der Waals surface area contributed by atoms with Crippen LogP contribution in [-0.4, -0.2) is 23.8 Å². The van der Waals surface area contributed by atoms with Gasteiger partial charge in [-0.3, -0.25) is 0 Å². The summed E-state index contributed by atoms with van der Waals surface area (Å²) in [6.45, 7) is 2.14. The van der Waals surface area contributed by atoms with E-state index in [1.54, 1.807) is 13.0 Å². The number of halogens is 2. The largest absolute Gasteiger partial charge is 0.393 e. The summed E-state index contributed by atoms with van der Waals surface area (Å²) < 4.78 is 0. The molecule has 2 amide bonds. The first kappa shape index (κ1) is 15.4. The van der Waals surface area contributed by atoms with Crippen molar-refractivity contribution in [2.45, 2.75) is 38.3 Å². The fraction of sp³-hybridized carbons (Fsp3) is 0.500. The van der Waals surface area contributed by atoms with E-state index in [1.165, 1.54) is 0 Å². The maximum atomic E-state index is 11.8. The highest BCUT2D eigenvalue weighted by atomic mass is 35.5. The van der Waals surface area contributed by atoms with Crippen LogP contribution in [-0.2, 0) is 6.42 Å². The highest BCUT2D eigenvalue weighted by molar-refractivity contribution is 6.42. The van der Waals surface area contributed by atoms with Crippen LogP contribution in [0.5, 0.6) is 0 Å². The molecule has 1 aliphatic carbocycles. The van der Waals surface area contributed by atoms with E-state index in [2.05, 4.69) is 10.6 Å². The van der Waals surface area contributed by atoms with Gasteiger partial charge in [-0.1, -0.05) is 29.3 Å². The van der Waals surface area contributed by atoms with E-state index in [0.717, 1.165) is 24.0 Å². The summed E-state index contributed by atoms with van der Waals surface area (Å²) in [6.07, 6.45) is 1.76. The van der Waals surface area contributed by atoms with Gasteiger partial charge in [-0.15, -0.1) is 0 Å². The number of amides is 2. The molecule has 0 bridgehead atoms. The maximum Gasteiger partial charge on any atom is 0.315 e. The Balaban J connectivity index is 1.94. The van der Waals surface area contributed by atoms with Gasteiger partial charge in [0.25, 0.3) is 0 Å². The molecule has 0 radical (unpaired) electrons. The Hall–Kier alpha value is -0.970. The van der Waals surface area contributed by atoms with Gasteiger partial charge < -0.3 is 15.7 Å². The molecule has 0 aliphatic heterocycles. The van der Waals surface area contributed by atoms with Gasteiger partial charge in [0.15, 0.2) is 0 Å². The summed E-state index contributed by atoms with van der Waals surface area (Å²) in [7, 11) is 0. The zero-order chi connectivity index (χ0) is 14.7. The Morgan fingerprint density at radius 1 is 1.50 bits per heavy atom. The molecule has 2 rings (SSSR count). The predicted molar refractivity (Wildman–Crippen MR) is 80.4 cm³/mol. The molecule has 110 valence electrons. The summed E-state index contributed by atoms with van der Waals surface area (Å²) >= 11 is 12.2. The Morgan fingerprint density at radius 2 is 2.25 bits per heavy atom. The van der Waals surface area contributed by atoms with E-state index in [1.807, 2.05) is 6.07 Å². The number of carbonyl (C=O) groups is 1. The van der Waals surface area contributed by atoms with Crippen LogP contribution in [0.15, 0.2) is 12.1 Å². The average Bonchev–Trinajstić information content (AvgIpc) is 2.77. The highest BCUT2D eigenvalue weighted by Crippen LogP contribution is 2.38. The van der Waals surface area contributed by atoms with E-state index in [9.17, 15) is 4.79 Å². The number of hydrogen-bond donors (Lipinski definition) is 3. The molecule has 6 heteroatoms. The SMILES string of the molecule is CC(O)CCNC(=O)NC1CCc2c1ccc(Cl)c2Cl. The van der Waals surface area contributed by atoms with Crippen molar-refractivity contribution in [3.8, 4) is 0 Å². The molecule has 20 heavy (non-hydrogen) atoms. The molecular formula is C14H18Cl2N2O2. The van der Waals surface area contributed by atoms with Crippen LogP contribution < -0.4 is 10.6 Å². The molecule has 0 spiro atoms. The number of nitrogens with one attached hydrogen (secondary N) is 2. The second-order valence-electron chi connectivity index (χ2n) is 5.06. The van der Waals surface area contributed by atoms with Crippen molar-refractivity contribution in [1.82, 2.24) is 10.6 Å². The molecule has 3 N–H and O–H groups in total. The molecule has 0 saturated carbocycles. The number of rotatable bonds is 4. The lowest BCUT2D eigenvalue weighted by Crippen LogP contribution is -2.38. The van der Waals surface area contributed by atoms with Crippen LogP contribution in [0.2, 0.25) is 10.0 Å². The average molecular weight is 317 g/mol. The minimum atomic E-state index is -0.413. The maximum absolute atomic E-state index is 11.8. The summed E-state index contributed by atoms with van der Waals surface area (Å²) in [5.41, 5.74) is 2.05. The Morgan fingerprint density at radius 3 is 2.95 bits per heavy atom. The molecule has 1 aromatic carbocycles. The zero-order valence-electron chi connectivity index (χ0n) is 11.2. The molecule has 0 aromatic heterocycles. The van der Waals surface area contributed by atoms with Gasteiger partial charge in [-0.2, -0.15) is 0 Å². The molecule has 4 nitrogen and oxygen atoms in total. The first-order valence-electron chi connectivity index (χ1n) is 6.68. The number of aliphatic hydroxyl groups is 1. The molecular weight excluding hydrogens is 299 g/mol. The van der Waals surface area contributed by atoms with Crippen molar-refractivity contribution in [2.24, 2.45) is 0 Å². The second kappa shape index (κ2) is 6.66. The van der Waals surface area contributed by atoms with Crippen LogP contribution in [0.1, 0.15) is 36.9 Å². The number of carbonyl (C=O) groups excluding carboxylic acids is 1. The molecule has 0 fully saturated rings. The predicted octanol–water partition coefficient (Wildman–Crippen LogP) is 3.05.